The first kappa shape index (κ1) is 16.8. The molecule has 1 aliphatic heterocycles. The standard InChI is InChI=1S/C10H19NO2.2H2O/c12-10(13)6-2-5-9-11-7-3-1-4-8-11;;/h1-9H2,(H,12,13);2*1H2. The lowest BCUT2D eigenvalue weighted by Gasteiger charge is -2.23. The average Bonchev–Trinajstić information content (AvgIpc) is 2.14. The van der Waals surface area contributed by atoms with Crippen LogP contribution in [0.1, 0.15) is 38.5 Å². The number of likely N-dealkylation sites (tertiary alicyclic amines) is 1. The van der Waals surface area contributed by atoms with E-state index in [-0.39, 0.29) is 17.4 Å². The third kappa shape index (κ3) is 8.35. The maximum Gasteiger partial charge on any atom is 0.0771 e. The number of nitrogens with one attached hydrogen (secondary N) is 1. The van der Waals surface area contributed by atoms with Crippen molar-refractivity contribution in [3.63, 3.8) is 0 Å². The Morgan fingerprint density at radius 3 is 2.20 bits per heavy atom. The van der Waals surface area contributed by atoms with E-state index in [1.807, 2.05) is 0 Å². The van der Waals surface area contributed by atoms with Crippen molar-refractivity contribution in [1.29, 1.82) is 0 Å². The molecule has 1 aliphatic rings. The van der Waals surface area contributed by atoms with Gasteiger partial charge in [0.25, 0.3) is 0 Å². The van der Waals surface area contributed by atoms with Gasteiger partial charge in [0.15, 0.2) is 0 Å². The molecule has 0 bridgehead atoms. The predicted molar refractivity (Wildman–Crippen MR) is 55.5 cm³/mol. The number of carboxylic acids is 1. The molecule has 1 rings (SSSR count). The highest BCUT2D eigenvalue weighted by atomic mass is 16.4. The molecule has 0 atom stereocenters. The summed E-state index contributed by atoms with van der Waals surface area (Å²) >= 11 is 0. The van der Waals surface area contributed by atoms with Crippen molar-refractivity contribution < 1.29 is 25.8 Å². The van der Waals surface area contributed by atoms with Gasteiger partial charge in [-0.3, -0.25) is 0 Å². The molecule has 0 aromatic heterocycles. The van der Waals surface area contributed by atoms with Gasteiger partial charge >= 0.3 is 0 Å². The van der Waals surface area contributed by atoms with Crippen LogP contribution in [0.3, 0.4) is 0 Å². The van der Waals surface area contributed by atoms with Crippen molar-refractivity contribution >= 4 is 5.97 Å². The second kappa shape index (κ2) is 9.89. The van der Waals surface area contributed by atoms with Gasteiger partial charge in [-0.05, 0) is 38.5 Å². The van der Waals surface area contributed by atoms with E-state index < -0.39 is 5.97 Å². The van der Waals surface area contributed by atoms with Gasteiger partial charge in [0.1, 0.15) is 0 Å². The molecule has 1 fully saturated rings. The van der Waals surface area contributed by atoms with Crippen molar-refractivity contribution in [3.8, 4) is 0 Å². The van der Waals surface area contributed by atoms with Crippen LogP contribution in [0.4, 0.5) is 0 Å². The lowest BCUT2D eigenvalue weighted by Crippen LogP contribution is -3.12. The summed E-state index contributed by atoms with van der Waals surface area (Å²) in [5, 5.41) is 10.1. The van der Waals surface area contributed by atoms with Crippen LogP contribution in [0.25, 0.3) is 0 Å². The predicted octanol–water partition coefficient (Wildman–Crippen LogP) is -2.67. The number of carboxylic acid groups (broad SMARTS) is 1. The molecule has 92 valence electrons. The van der Waals surface area contributed by atoms with Crippen LogP contribution in [0, 0.1) is 0 Å². The summed E-state index contributed by atoms with van der Waals surface area (Å²) in [7, 11) is 0. The first-order valence-corrected chi connectivity index (χ1v) is 5.32. The van der Waals surface area contributed by atoms with Crippen LogP contribution >= 0.6 is 0 Å². The fourth-order valence-electron chi connectivity index (χ4n) is 1.95. The molecule has 0 aromatic carbocycles. The molecule has 15 heavy (non-hydrogen) atoms. The SMILES string of the molecule is O.O.O=C([O-])CCCC[NH+]1CCCCC1. The normalized spacial score (nSPS) is 16.3. The maximum absolute atomic E-state index is 10.1. The molecule has 0 aromatic rings. The highest BCUT2D eigenvalue weighted by molar-refractivity contribution is 5.63. The number of quaternary nitrogens is 1. The van der Waals surface area contributed by atoms with Crippen molar-refractivity contribution in [2.45, 2.75) is 38.5 Å². The summed E-state index contributed by atoms with van der Waals surface area (Å²) in [6.07, 6.45) is 6.11. The number of carbonyl (C=O) groups is 1. The second-order valence-electron chi connectivity index (χ2n) is 3.89. The number of aliphatic carboxylic acids is 1. The van der Waals surface area contributed by atoms with E-state index in [0.29, 0.717) is 0 Å². The van der Waals surface area contributed by atoms with Gasteiger partial charge in [-0.25, -0.2) is 0 Å². The minimum Gasteiger partial charge on any atom is -0.550 e. The smallest absolute Gasteiger partial charge is 0.0771 e. The average molecular weight is 221 g/mol. The highest BCUT2D eigenvalue weighted by Crippen LogP contribution is 1.96. The number of unbranched alkanes of at least 4 members (excludes halogenated alkanes) is 1. The van der Waals surface area contributed by atoms with E-state index in [0.717, 1.165) is 19.4 Å². The van der Waals surface area contributed by atoms with E-state index in [4.69, 9.17) is 0 Å². The van der Waals surface area contributed by atoms with Crippen LogP contribution in [0.15, 0.2) is 0 Å². The van der Waals surface area contributed by atoms with E-state index in [1.54, 1.807) is 4.90 Å². The first-order chi connectivity index (χ1) is 6.29. The van der Waals surface area contributed by atoms with Crippen LogP contribution in [0.5, 0.6) is 0 Å². The van der Waals surface area contributed by atoms with E-state index >= 15 is 0 Å². The third-order valence-electron chi connectivity index (χ3n) is 2.72. The van der Waals surface area contributed by atoms with Gasteiger partial charge in [0, 0.05) is 5.97 Å². The molecule has 5 nitrogen and oxygen atoms in total. The van der Waals surface area contributed by atoms with Crippen LogP contribution in [-0.2, 0) is 4.79 Å². The largest absolute Gasteiger partial charge is 0.550 e. The van der Waals surface area contributed by atoms with Crippen molar-refractivity contribution in [2.24, 2.45) is 0 Å². The summed E-state index contributed by atoms with van der Waals surface area (Å²) in [6.45, 7) is 3.71. The van der Waals surface area contributed by atoms with Crippen LogP contribution in [-0.4, -0.2) is 36.6 Å². The molecule has 5 heteroatoms. The Balaban J connectivity index is 0. The monoisotopic (exact) mass is 221 g/mol. The number of hydrogen-bond acceptors (Lipinski definition) is 2. The van der Waals surface area contributed by atoms with E-state index in [1.165, 1.54) is 32.4 Å². The minimum absolute atomic E-state index is 0. The summed E-state index contributed by atoms with van der Waals surface area (Å²) in [6, 6.07) is 0. The first-order valence-electron chi connectivity index (χ1n) is 5.32. The Kier molecular flexibility index (Phi) is 11.1. The summed E-state index contributed by atoms with van der Waals surface area (Å²) < 4.78 is 0. The van der Waals surface area contributed by atoms with E-state index in [2.05, 4.69) is 0 Å². The quantitative estimate of drug-likeness (QED) is 0.511. The molecule has 1 heterocycles. The van der Waals surface area contributed by atoms with Gasteiger partial charge in [-0.2, -0.15) is 0 Å². The zero-order valence-electron chi connectivity index (χ0n) is 9.18. The fourth-order valence-corrected chi connectivity index (χ4v) is 1.95. The minimum atomic E-state index is -0.909. The van der Waals surface area contributed by atoms with Crippen molar-refractivity contribution in [1.82, 2.24) is 0 Å². The zero-order valence-corrected chi connectivity index (χ0v) is 9.18. The highest BCUT2D eigenvalue weighted by Gasteiger charge is 2.11. The Labute approximate surface area is 90.7 Å². The molecule has 0 radical (unpaired) electrons. The molecule has 0 unspecified atom stereocenters. The van der Waals surface area contributed by atoms with Gasteiger partial charge in [-0.1, -0.05) is 0 Å². The van der Waals surface area contributed by atoms with Crippen molar-refractivity contribution in [2.75, 3.05) is 19.6 Å². The Bertz CT molecular complexity index is 158. The summed E-state index contributed by atoms with van der Waals surface area (Å²) in [4.78, 5) is 11.8. The molecule has 0 amide bonds. The van der Waals surface area contributed by atoms with Gasteiger partial charge in [-0.15, -0.1) is 0 Å². The third-order valence-corrected chi connectivity index (χ3v) is 2.72. The molecule has 0 aliphatic carbocycles. The number of carbonyl (C=O) groups excluding carboxylic acids is 1. The lowest BCUT2D eigenvalue weighted by molar-refractivity contribution is -0.905. The summed E-state index contributed by atoms with van der Waals surface area (Å²) in [5.74, 6) is -0.909. The van der Waals surface area contributed by atoms with Gasteiger partial charge < -0.3 is 25.8 Å². The topological polar surface area (TPSA) is 108 Å². The van der Waals surface area contributed by atoms with Gasteiger partial charge in [0.2, 0.25) is 0 Å². The lowest BCUT2D eigenvalue weighted by atomic mass is 10.1. The van der Waals surface area contributed by atoms with Crippen molar-refractivity contribution in [3.05, 3.63) is 0 Å². The maximum atomic E-state index is 10.1. The van der Waals surface area contributed by atoms with Gasteiger partial charge in [0.05, 0.1) is 19.6 Å². The fraction of sp³-hybridized carbons (Fsp3) is 0.900. The summed E-state index contributed by atoms with van der Waals surface area (Å²) in [5.41, 5.74) is 0. The van der Waals surface area contributed by atoms with E-state index in [9.17, 15) is 9.90 Å². The number of rotatable bonds is 5. The van der Waals surface area contributed by atoms with Crippen LogP contribution in [0.2, 0.25) is 0 Å². The Hall–Kier alpha value is -0.650. The molecule has 0 saturated carbocycles. The molecular formula is C10H23NO4. The second-order valence-corrected chi connectivity index (χ2v) is 3.89. The number of hydrogen-bond donors (Lipinski definition) is 1. The Morgan fingerprint density at radius 1 is 1.07 bits per heavy atom. The number of piperidine rings is 1. The van der Waals surface area contributed by atoms with Crippen LogP contribution < -0.4 is 10.0 Å². The molecule has 5 N–H and O–H groups in total. The Morgan fingerprint density at radius 2 is 1.67 bits per heavy atom. The zero-order chi connectivity index (χ0) is 9.52. The molecule has 1 saturated heterocycles. The molecule has 0 spiro atoms. The molecular weight excluding hydrogens is 198 g/mol.